The number of anilines is 1. The predicted molar refractivity (Wildman–Crippen MR) is 275 cm³/mol. The minimum absolute atomic E-state index is 0.00710. The van der Waals surface area contributed by atoms with E-state index in [1.165, 1.54) is 24.3 Å². The second-order valence-electron chi connectivity index (χ2n) is 20.3. The van der Waals surface area contributed by atoms with Crippen LogP contribution in [0.5, 0.6) is 0 Å². The highest BCUT2D eigenvalue weighted by molar-refractivity contribution is 7.86. The zero-order chi connectivity index (χ0) is 53.8. The second-order valence-corrected chi connectivity index (χ2v) is 23.1. The van der Waals surface area contributed by atoms with Gasteiger partial charge in [0, 0.05) is 92.7 Å². The standard InChI is InChI=1S/C53H70N6O13S2/c1-52(2)39-35-37(73(66,67)68)25-27-42(39)57-33-17-7-11-22-46(60)54-31-16-14-19-41(51(65)55-32-15-6-13-24-50(64)72-59-48(62)29-30-49(59)63)56-47(61)23-12-8-18-34-58-43-28-26-38(74(69,70)71)36-40(43)53(3,4)45(58)21-10-5-9-20-44(52)57/h5,9-10,20-21,25-28,35-36,41H,6-8,11-19,22-24,29-34H2,1-4H3,(H4-,54,55,56,60,61,65,66,67,68,69,70,71). The Morgan fingerprint density at radius 1 is 0.784 bits per heavy atom. The molecule has 2 aromatic rings. The van der Waals surface area contributed by atoms with Crippen LogP contribution in [0.25, 0.3) is 0 Å². The van der Waals surface area contributed by atoms with Crippen LogP contribution in [0.2, 0.25) is 0 Å². The Hall–Kier alpha value is -6.03. The summed E-state index contributed by atoms with van der Waals surface area (Å²) in [5.74, 6) is -2.52. The lowest BCUT2D eigenvalue weighted by molar-refractivity contribution is -0.438. The molecular weight excluding hydrogens is 993 g/mol. The van der Waals surface area contributed by atoms with Gasteiger partial charge in [0.2, 0.25) is 23.4 Å². The molecule has 21 heteroatoms. The molecule has 402 valence electrons. The van der Waals surface area contributed by atoms with Gasteiger partial charge in [-0.05, 0) is 114 Å². The number of hydrogen-bond donors (Lipinski definition) is 4. The normalized spacial score (nSPS) is 22.1. The van der Waals surface area contributed by atoms with Gasteiger partial charge < -0.3 is 30.2 Å². The lowest BCUT2D eigenvalue weighted by Crippen LogP contribution is -2.47. The quantitative estimate of drug-likeness (QED) is 0.0894. The molecule has 1 atom stereocenters. The lowest BCUT2D eigenvalue weighted by Gasteiger charge is -2.27. The fourth-order valence-corrected chi connectivity index (χ4v) is 11.0. The van der Waals surface area contributed by atoms with Crippen molar-refractivity contribution >= 4 is 72.8 Å². The zero-order valence-electron chi connectivity index (χ0n) is 42.8. The van der Waals surface area contributed by atoms with E-state index in [-0.39, 0.29) is 59.7 Å². The Morgan fingerprint density at radius 3 is 2.19 bits per heavy atom. The van der Waals surface area contributed by atoms with Crippen molar-refractivity contribution in [1.29, 1.82) is 0 Å². The highest BCUT2D eigenvalue weighted by Gasteiger charge is 2.45. The molecule has 74 heavy (non-hydrogen) atoms. The van der Waals surface area contributed by atoms with E-state index >= 15 is 0 Å². The molecule has 0 spiro atoms. The third kappa shape index (κ3) is 14.6. The first-order valence-electron chi connectivity index (χ1n) is 25.6. The van der Waals surface area contributed by atoms with Crippen LogP contribution < -0.4 is 20.9 Å². The molecule has 4 aliphatic rings. The molecule has 0 bridgehead atoms. The van der Waals surface area contributed by atoms with Gasteiger partial charge in [-0.15, -0.1) is 5.06 Å². The molecule has 6 rings (SSSR count). The van der Waals surface area contributed by atoms with Crippen molar-refractivity contribution in [2.45, 2.75) is 164 Å². The van der Waals surface area contributed by atoms with Crippen LogP contribution in [-0.2, 0) is 64.7 Å². The number of hydrogen-bond acceptors (Lipinski definition) is 13. The average molecular weight is 1060 g/mol. The molecule has 4 N–H and O–H groups in total. The fourth-order valence-electron chi connectivity index (χ4n) is 9.97. The Bertz CT molecular complexity index is 2820. The molecule has 1 fully saturated rings. The number of carbonyl (C=O) groups is 6. The van der Waals surface area contributed by atoms with Gasteiger partial charge in [-0.2, -0.15) is 13.0 Å². The average Bonchev–Trinajstić information content (AvgIpc) is 3.84. The van der Waals surface area contributed by atoms with Gasteiger partial charge in [0.25, 0.3) is 21.9 Å². The number of rotatable bonds is 10. The first-order valence-corrected chi connectivity index (χ1v) is 28.5. The molecule has 0 aromatic heterocycles. The molecule has 2 aromatic carbocycles. The van der Waals surface area contributed by atoms with E-state index in [2.05, 4.69) is 25.4 Å². The van der Waals surface area contributed by atoms with E-state index in [0.29, 0.717) is 101 Å². The van der Waals surface area contributed by atoms with Crippen molar-refractivity contribution in [2.24, 2.45) is 0 Å². The van der Waals surface area contributed by atoms with Gasteiger partial charge in [0.1, 0.15) is 22.7 Å². The molecule has 0 saturated carbocycles. The summed E-state index contributed by atoms with van der Waals surface area (Å²) in [6.07, 6.45) is 16.9. The number of imide groups is 1. The van der Waals surface area contributed by atoms with Crippen LogP contribution in [0.3, 0.4) is 0 Å². The maximum Gasteiger partial charge on any atom is 0.333 e. The van der Waals surface area contributed by atoms with Gasteiger partial charge in [0.05, 0.1) is 15.2 Å². The minimum atomic E-state index is -4.73. The summed E-state index contributed by atoms with van der Waals surface area (Å²) in [4.78, 5) is 81.9. The summed E-state index contributed by atoms with van der Waals surface area (Å²) in [5.41, 5.74) is 3.41. The van der Waals surface area contributed by atoms with Crippen molar-refractivity contribution in [3.05, 3.63) is 83.6 Å². The van der Waals surface area contributed by atoms with Crippen LogP contribution >= 0.6 is 0 Å². The summed E-state index contributed by atoms with van der Waals surface area (Å²) >= 11 is 0. The Labute approximate surface area is 434 Å². The third-order valence-corrected chi connectivity index (χ3v) is 15.7. The largest absolute Gasteiger partial charge is 0.744 e. The SMILES string of the molecule is CC1(C)C2=[N+](CCCCCC(=O)NC(C(=O)NCCCCCC(=O)ON3C(=O)CCC3=O)CCCCNC(=O)CCCCCN3/C(=C/C=C/C=C/2)C(C)(C)c2cc(S(=O)(=O)O)ccc23)c2ccc(S(=O)(=O)[O-])cc21. The number of fused-ring (bicyclic) bond motifs is 5. The van der Waals surface area contributed by atoms with E-state index in [9.17, 15) is 54.7 Å². The Morgan fingerprint density at radius 2 is 1.47 bits per heavy atom. The van der Waals surface area contributed by atoms with E-state index < -0.39 is 54.9 Å². The maximum atomic E-state index is 13.5. The Kier molecular flexibility index (Phi) is 19.3. The summed E-state index contributed by atoms with van der Waals surface area (Å²) in [6.45, 7) is 9.69. The van der Waals surface area contributed by atoms with Gasteiger partial charge in [-0.1, -0.05) is 44.9 Å². The highest BCUT2D eigenvalue weighted by Crippen LogP contribution is 2.49. The number of nitrogens with zero attached hydrogens (tertiary/aromatic N) is 3. The number of amides is 5. The first-order chi connectivity index (χ1) is 35.0. The highest BCUT2D eigenvalue weighted by atomic mass is 32.2. The van der Waals surface area contributed by atoms with Crippen LogP contribution in [0, 0.1) is 0 Å². The van der Waals surface area contributed by atoms with Crippen molar-refractivity contribution < 1.29 is 64.1 Å². The summed E-state index contributed by atoms with van der Waals surface area (Å²) in [7, 11) is -9.20. The number of nitrogens with one attached hydrogen (secondary N) is 3. The lowest BCUT2D eigenvalue weighted by atomic mass is 9.81. The molecule has 0 aliphatic carbocycles. The van der Waals surface area contributed by atoms with E-state index in [1.54, 1.807) is 12.1 Å². The molecule has 1 saturated heterocycles. The van der Waals surface area contributed by atoms with Crippen LogP contribution in [-0.4, -0.2) is 109 Å². The molecule has 19 nitrogen and oxygen atoms in total. The van der Waals surface area contributed by atoms with Crippen molar-refractivity contribution in [1.82, 2.24) is 21.0 Å². The molecule has 0 radical (unpaired) electrons. The van der Waals surface area contributed by atoms with E-state index in [0.717, 1.165) is 41.2 Å². The molecular formula is C53H70N6O13S2. The van der Waals surface area contributed by atoms with Crippen molar-refractivity contribution in [3.63, 3.8) is 0 Å². The molecule has 4 heterocycles. The van der Waals surface area contributed by atoms with Crippen molar-refractivity contribution in [2.75, 3.05) is 31.1 Å². The number of allylic oxidation sites excluding steroid dienone is 6. The van der Waals surface area contributed by atoms with Gasteiger partial charge in [-0.25, -0.2) is 13.2 Å². The summed E-state index contributed by atoms with van der Waals surface area (Å²) in [5, 5.41) is 9.28. The Balaban J connectivity index is 1.16. The first kappa shape index (κ1) is 57.3. The summed E-state index contributed by atoms with van der Waals surface area (Å²) in [6, 6.07) is 8.19. The molecule has 1 unspecified atom stereocenters. The van der Waals surface area contributed by atoms with Gasteiger partial charge in [0.15, 0.2) is 5.71 Å². The minimum Gasteiger partial charge on any atom is -0.744 e. The molecule has 4 aliphatic heterocycles. The molecule has 5 amide bonds. The number of carbonyl (C=O) groups excluding carboxylic acids is 6. The van der Waals surface area contributed by atoms with Crippen LogP contribution in [0.1, 0.15) is 148 Å². The maximum absolute atomic E-state index is 13.5. The third-order valence-electron chi connectivity index (χ3n) is 14.1. The summed E-state index contributed by atoms with van der Waals surface area (Å²) < 4.78 is 72.9. The number of benzene rings is 2. The van der Waals surface area contributed by atoms with Gasteiger partial charge >= 0.3 is 5.97 Å². The number of hydroxylamine groups is 2. The fraction of sp³-hybridized carbons (Fsp3) is 0.528. The van der Waals surface area contributed by atoms with Crippen LogP contribution in [0.4, 0.5) is 11.4 Å². The van der Waals surface area contributed by atoms with E-state index in [4.69, 9.17) is 4.84 Å². The zero-order valence-corrected chi connectivity index (χ0v) is 44.4. The smallest absolute Gasteiger partial charge is 0.333 e. The number of unbranched alkanes of at least 4 members (excludes halogenated alkanes) is 2. The van der Waals surface area contributed by atoms with Gasteiger partial charge in [-0.3, -0.25) is 28.5 Å². The van der Waals surface area contributed by atoms with E-state index in [1.807, 2.05) is 58.1 Å². The predicted octanol–water partition coefficient (Wildman–Crippen LogP) is 6.20. The van der Waals surface area contributed by atoms with Crippen LogP contribution in [0.15, 0.2) is 82.3 Å². The second kappa shape index (κ2) is 25.0. The monoisotopic (exact) mass is 1060 g/mol. The van der Waals surface area contributed by atoms with Crippen molar-refractivity contribution in [3.8, 4) is 0 Å². The topological polar surface area (TPSA) is 269 Å².